The summed E-state index contributed by atoms with van der Waals surface area (Å²) in [7, 11) is 0. The molecule has 0 aromatic carbocycles. The van der Waals surface area contributed by atoms with Crippen molar-refractivity contribution in [2.24, 2.45) is 0 Å². The van der Waals surface area contributed by atoms with Crippen molar-refractivity contribution < 1.29 is 4.79 Å². The molecule has 4 aromatic rings. The summed E-state index contributed by atoms with van der Waals surface area (Å²) in [6, 6.07) is 5.38. The van der Waals surface area contributed by atoms with E-state index in [-0.39, 0.29) is 11.9 Å². The second-order valence-corrected chi connectivity index (χ2v) is 6.57. The normalized spacial score (nSPS) is 12.4. The highest BCUT2D eigenvalue weighted by atomic mass is 32.1. The molecule has 0 saturated carbocycles. The van der Waals surface area contributed by atoms with Crippen LogP contribution in [0.15, 0.2) is 48.4 Å². The van der Waals surface area contributed by atoms with E-state index in [4.69, 9.17) is 0 Å². The Balaban J connectivity index is 1.55. The lowest BCUT2D eigenvalue weighted by Crippen LogP contribution is -2.27. The van der Waals surface area contributed by atoms with Gasteiger partial charge in [0.05, 0.1) is 29.2 Å². The number of nitrogens with one attached hydrogen (secondary N) is 1. The Morgan fingerprint density at radius 2 is 2.24 bits per heavy atom. The molecule has 0 unspecified atom stereocenters. The fraction of sp³-hybridized carbons (Fsp3) is 0.176. The average Bonchev–Trinajstić information content (AvgIpc) is 3.29. The van der Waals surface area contributed by atoms with Crippen molar-refractivity contribution in [3.63, 3.8) is 0 Å². The Kier molecular flexibility index (Phi) is 3.81. The van der Waals surface area contributed by atoms with Crippen molar-refractivity contribution in [2.45, 2.75) is 19.9 Å². The summed E-state index contributed by atoms with van der Waals surface area (Å²) in [5.74, 6) is 0.505. The predicted molar refractivity (Wildman–Crippen MR) is 95.0 cm³/mol. The quantitative estimate of drug-likeness (QED) is 0.613. The van der Waals surface area contributed by atoms with Crippen LogP contribution >= 0.6 is 11.3 Å². The molecule has 0 spiro atoms. The molecule has 7 nitrogen and oxygen atoms in total. The van der Waals surface area contributed by atoms with Gasteiger partial charge in [-0.3, -0.25) is 9.20 Å². The zero-order valence-electron chi connectivity index (χ0n) is 13.7. The van der Waals surface area contributed by atoms with Gasteiger partial charge in [-0.1, -0.05) is 6.07 Å². The number of carbonyl (C=O) groups is 1. The fourth-order valence-corrected chi connectivity index (χ4v) is 3.35. The summed E-state index contributed by atoms with van der Waals surface area (Å²) in [6.45, 7) is 3.77. The molecule has 0 bridgehead atoms. The second-order valence-electron chi connectivity index (χ2n) is 5.70. The molecule has 0 saturated heterocycles. The number of fused-ring (bicyclic) bond motifs is 1. The zero-order valence-corrected chi connectivity index (χ0v) is 14.6. The summed E-state index contributed by atoms with van der Waals surface area (Å²) in [6.07, 6.45) is 7.15. The minimum absolute atomic E-state index is 0.177. The van der Waals surface area contributed by atoms with Crippen LogP contribution in [0, 0.1) is 6.92 Å². The molecular formula is C17H16N6OS. The third kappa shape index (κ3) is 2.80. The highest BCUT2D eigenvalue weighted by Gasteiger charge is 2.19. The number of imidazole rings is 1. The van der Waals surface area contributed by atoms with Crippen LogP contribution in [0.25, 0.3) is 10.8 Å². The predicted octanol–water partition coefficient (Wildman–Crippen LogP) is 2.78. The zero-order chi connectivity index (χ0) is 17.4. The smallest absolute Gasteiger partial charge is 0.255 e. The van der Waals surface area contributed by atoms with E-state index < -0.39 is 0 Å². The maximum atomic E-state index is 12.6. The maximum absolute atomic E-state index is 12.6. The van der Waals surface area contributed by atoms with Gasteiger partial charge in [-0.2, -0.15) is 5.10 Å². The number of carbonyl (C=O) groups excluding carboxylic acids is 1. The van der Waals surface area contributed by atoms with Crippen LogP contribution in [0.4, 0.5) is 0 Å². The fourth-order valence-electron chi connectivity index (χ4n) is 2.65. The van der Waals surface area contributed by atoms with E-state index in [1.54, 1.807) is 28.4 Å². The third-order valence-corrected chi connectivity index (χ3v) is 4.79. The molecule has 0 aliphatic carbocycles. The van der Waals surface area contributed by atoms with Crippen LogP contribution in [0.1, 0.15) is 34.7 Å². The molecular weight excluding hydrogens is 336 g/mol. The lowest BCUT2D eigenvalue weighted by atomic mass is 10.2. The molecule has 4 aromatic heterocycles. The summed E-state index contributed by atoms with van der Waals surface area (Å²) < 4.78 is 3.61. The highest BCUT2D eigenvalue weighted by Crippen LogP contribution is 2.18. The highest BCUT2D eigenvalue weighted by molar-refractivity contribution is 7.15. The Labute approximate surface area is 148 Å². The lowest BCUT2D eigenvalue weighted by Gasteiger charge is -2.11. The topological polar surface area (TPSA) is 77.1 Å². The molecule has 0 aliphatic rings. The molecule has 0 aliphatic heterocycles. The Morgan fingerprint density at radius 1 is 1.36 bits per heavy atom. The minimum atomic E-state index is -0.197. The van der Waals surface area contributed by atoms with Crippen molar-refractivity contribution >= 4 is 22.2 Å². The standard InChI is InChI=1S/C17H16N6OS/c1-11(14-10-22-7-8-25-17(22)21-14)20-16(24)13-9-19-23(12(13)2)15-5-3-4-6-18-15/h3-11H,1-2H3,(H,20,24)/t11-/m0/s1. The van der Waals surface area contributed by atoms with E-state index in [0.29, 0.717) is 11.4 Å². The molecule has 1 amide bonds. The third-order valence-electron chi connectivity index (χ3n) is 4.02. The van der Waals surface area contributed by atoms with Gasteiger partial charge in [0.15, 0.2) is 10.8 Å². The molecule has 1 atom stereocenters. The minimum Gasteiger partial charge on any atom is -0.344 e. The van der Waals surface area contributed by atoms with Gasteiger partial charge in [-0.15, -0.1) is 11.3 Å². The average molecular weight is 352 g/mol. The number of thiazole rings is 1. The van der Waals surface area contributed by atoms with Crippen LogP contribution in [-0.2, 0) is 0 Å². The molecule has 0 fully saturated rings. The molecule has 8 heteroatoms. The van der Waals surface area contributed by atoms with Gasteiger partial charge in [-0.05, 0) is 26.0 Å². The number of hydrogen-bond donors (Lipinski definition) is 1. The van der Waals surface area contributed by atoms with E-state index in [1.807, 2.05) is 54.2 Å². The maximum Gasteiger partial charge on any atom is 0.255 e. The number of hydrogen-bond acceptors (Lipinski definition) is 5. The van der Waals surface area contributed by atoms with Crippen molar-refractivity contribution in [1.82, 2.24) is 29.5 Å². The molecule has 0 radical (unpaired) electrons. The molecule has 126 valence electrons. The van der Waals surface area contributed by atoms with Gasteiger partial charge >= 0.3 is 0 Å². The largest absolute Gasteiger partial charge is 0.344 e. The Bertz CT molecular complexity index is 1000. The first kappa shape index (κ1) is 15.5. The van der Waals surface area contributed by atoms with Crippen molar-refractivity contribution in [2.75, 3.05) is 0 Å². The van der Waals surface area contributed by atoms with Crippen LogP contribution < -0.4 is 5.32 Å². The number of pyridine rings is 1. The first-order valence-electron chi connectivity index (χ1n) is 7.82. The van der Waals surface area contributed by atoms with Gasteiger partial charge in [0.1, 0.15) is 0 Å². The first-order chi connectivity index (χ1) is 12.1. The summed E-state index contributed by atoms with van der Waals surface area (Å²) >= 11 is 1.56. The second kappa shape index (κ2) is 6.14. The van der Waals surface area contributed by atoms with Crippen molar-refractivity contribution in [3.8, 4) is 5.82 Å². The molecule has 4 heterocycles. The number of nitrogens with zero attached hydrogens (tertiary/aromatic N) is 5. The van der Waals surface area contributed by atoms with Crippen molar-refractivity contribution in [3.05, 3.63) is 65.3 Å². The molecule has 4 rings (SSSR count). The van der Waals surface area contributed by atoms with Gasteiger partial charge in [0, 0.05) is 24.0 Å². The van der Waals surface area contributed by atoms with Crippen LogP contribution in [-0.4, -0.2) is 30.1 Å². The monoisotopic (exact) mass is 352 g/mol. The Hall–Kier alpha value is -3.00. The number of aromatic nitrogens is 5. The van der Waals surface area contributed by atoms with Gasteiger partial charge < -0.3 is 5.32 Å². The van der Waals surface area contributed by atoms with Gasteiger partial charge in [0.25, 0.3) is 5.91 Å². The van der Waals surface area contributed by atoms with Crippen LogP contribution in [0.3, 0.4) is 0 Å². The molecule has 1 N–H and O–H groups in total. The number of rotatable bonds is 4. The summed E-state index contributed by atoms with van der Waals surface area (Å²) in [4.78, 5) is 22.3. The van der Waals surface area contributed by atoms with E-state index in [2.05, 4.69) is 20.4 Å². The Morgan fingerprint density at radius 3 is 3.00 bits per heavy atom. The van der Waals surface area contributed by atoms with E-state index >= 15 is 0 Å². The number of amides is 1. The first-order valence-corrected chi connectivity index (χ1v) is 8.70. The lowest BCUT2D eigenvalue weighted by molar-refractivity contribution is 0.0938. The summed E-state index contributed by atoms with van der Waals surface area (Å²) in [5, 5.41) is 9.25. The van der Waals surface area contributed by atoms with Crippen LogP contribution in [0.5, 0.6) is 0 Å². The summed E-state index contributed by atoms with van der Waals surface area (Å²) in [5.41, 5.74) is 2.10. The molecule has 25 heavy (non-hydrogen) atoms. The van der Waals surface area contributed by atoms with E-state index in [9.17, 15) is 4.79 Å². The van der Waals surface area contributed by atoms with Gasteiger partial charge in [0.2, 0.25) is 0 Å². The van der Waals surface area contributed by atoms with E-state index in [0.717, 1.165) is 16.3 Å². The van der Waals surface area contributed by atoms with Crippen molar-refractivity contribution in [1.29, 1.82) is 0 Å². The van der Waals surface area contributed by atoms with Gasteiger partial charge in [-0.25, -0.2) is 14.6 Å². The van der Waals surface area contributed by atoms with E-state index in [1.165, 1.54) is 0 Å². The van der Waals surface area contributed by atoms with Crippen LogP contribution in [0.2, 0.25) is 0 Å². The SMILES string of the molecule is Cc1c(C(=O)N[C@@H](C)c2cn3ccsc3n2)cnn1-c1ccccn1.